The Morgan fingerprint density at radius 3 is 3.05 bits per heavy atom. The Balaban J connectivity index is 2.11. The normalized spacial score (nSPS) is 11.4. The van der Waals surface area contributed by atoms with Gasteiger partial charge in [-0.15, -0.1) is 0 Å². The molecule has 0 atom stereocenters. The second-order valence-electron chi connectivity index (χ2n) is 4.51. The summed E-state index contributed by atoms with van der Waals surface area (Å²) in [4.78, 5) is 7.64. The van der Waals surface area contributed by atoms with Crippen molar-refractivity contribution < 1.29 is 0 Å². The topological polar surface area (TPSA) is 58.9 Å². The van der Waals surface area contributed by atoms with Gasteiger partial charge in [0.05, 0.1) is 11.7 Å². The molecule has 0 aliphatic carbocycles. The van der Waals surface area contributed by atoms with Crippen LogP contribution in [0.5, 0.6) is 0 Å². The standard InChI is InChI=1S/C14H11N5/c1-9-7-11(10-4-6-15-14(10)18-9)12-8-17-19-13(12)3-2-5-16-19/h2-8H,1H3,(H,15,18). The number of aryl methyl sites for hydroxylation is 1. The Hall–Kier alpha value is -2.69. The van der Waals surface area contributed by atoms with Crippen molar-refractivity contribution in [3.05, 3.63) is 48.5 Å². The molecular weight excluding hydrogens is 238 g/mol. The van der Waals surface area contributed by atoms with E-state index in [1.165, 1.54) is 0 Å². The number of hydrogen-bond acceptors (Lipinski definition) is 3. The van der Waals surface area contributed by atoms with Crippen LogP contribution in [0.25, 0.3) is 27.7 Å². The van der Waals surface area contributed by atoms with Gasteiger partial charge in [0.15, 0.2) is 0 Å². The van der Waals surface area contributed by atoms with E-state index in [-0.39, 0.29) is 0 Å². The van der Waals surface area contributed by atoms with E-state index < -0.39 is 0 Å². The molecule has 92 valence electrons. The SMILES string of the molecule is Cc1cc(-c2cnn3ncccc23)c2cc[nH]c2n1. The van der Waals surface area contributed by atoms with Crippen molar-refractivity contribution in [2.45, 2.75) is 6.92 Å². The number of fused-ring (bicyclic) bond motifs is 2. The molecule has 0 amide bonds. The number of pyridine rings is 1. The fourth-order valence-electron chi connectivity index (χ4n) is 2.43. The van der Waals surface area contributed by atoms with Gasteiger partial charge in [-0.25, -0.2) is 4.98 Å². The van der Waals surface area contributed by atoms with Crippen LogP contribution >= 0.6 is 0 Å². The zero-order valence-electron chi connectivity index (χ0n) is 10.3. The second-order valence-corrected chi connectivity index (χ2v) is 4.51. The highest BCUT2D eigenvalue weighted by molar-refractivity contribution is 5.97. The molecule has 0 aliphatic heterocycles. The largest absolute Gasteiger partial charge is 0.346 e. The van der Waals surface area contributed by atoms with Crippen LogP contribution in [-0.4, -0.2) is 24.8 Å². The highest BCUT2D eigenvalue weighted by Crippen LogP contribution is 2.30. The fourth-order valence-corrected chi connectivity index (χ4v) is 2.43. The highest BCUT2D eigenvalue weighted by Gasteiger charge is 2.12. The molecule has 0 spiro atoms. The van der Waals surface area contributed by atoms with Gasteiger partial charge in [-0.3, -0.25) is 0 Å². The summed E-state index contributed by atoms with van der Waals surface area (Å²) >= 11 is 0. The van der Waals surface area contributed by atoms with Crippen LogP contribution in [0.1, 0.15) is 5.69 Å². The van der Waals surface area contributed by atoms with Crippen LogP contribution < -0.4 is 0 Å². The molecule has 0 bridgehead atoms. The molecule has 0 saturated carbocycles. The van der Waals surface area contributed by atoms with Gasteiger partial charge in [0, 0.05) is 29.0 Å². The summed E-state index contributed by atoms with van der Waals surface area (Å²) < 4.78 is 1.64. The first-order chi connectivity index (χ1) is 9.33. The lowest BCUT2D eigenvalue weighted by Gasteiger charge is -2.03. The smallest absolute Gasteiger partial charge is 0.138 e. The van der Waals surface area contributed by atoms with E-state index in [4.69, 9.17) is 0 Å². The number of hydrogen-bond donors (Lipinski definition) is 1. The van der Waals surface area contributed by atoms with Crippen LogP contribution in [0.15, 0.2) is 42.9 Å². The van der Waals surface area contributed by atoms with E-state index in [9.17, 15) is 0 Å². The van der Waals surface area contributed by atoms with Gasteiger partial charge >= 0.3 is 0 Å². The molecule has 0 fully saturated rings. The van der Waals surface area contributed by atoms with Gasteiger partial charge in [0.1, 0.15) is 5.65 Å². The van der Waals surface area contributed by atoms with Crippen LogP contribution in [0, 0.1) is 6.92 Å². The maximum absolute atomic E-state index is 4.49. The van der Waals surface area contributed by atoms with Crippen LogP contribution in [0.2, 0.25) is 0 Å². The number of nitrogens with one attached hydrogen (secondary N) is 1. The van der Waals surface area contributed by atoms with Crippen LogP contribution in [-0.2, 0) is 0 Å². The van der Waals surface area contributed by atoms with Crippen molar-refractivity contribution in [1.29, 1.82) is 0 Å². The molecule has 4 aromatic heterocycles. The lowest BCUT2D eigenvalue weighted by molar-refractivity contribution is 0.800. The molecule has 1 N–H and O–H groups in total. The van der Waals surface area contributed by atoms with E-state index in [0.29, 0.717) is 0 Å². The number of H-pyrrole nitrogens is 1. The Labute approximate surface area is 108 Å². The van der Waals surface area contributed by atoms with Gasteiger partial charge in [-0.2, -0.15) is 14.8 Å². The van der Waals surface area contributed by atoms with E-state index in [2.05, 4.69) is 26.2 Å². The summed E-state index contributed by atoms with van der Waals surface area (Å²) in [5.74, 6) is 0. The van der Waals surface area contributed by atoms with Crippen molar-refractivity contribution in [2.75, 3.05) is 0 Å². The predicted octanol–water partition coefficient (Wildman–Crippen LogP) is 2.58. The monoisotopic (exact) mass is 249 g/mol. The fraction of sp³-hybridized carbons (Fsp3) is 0.0714. The van der Waals surface area contributed by atoms with Crippen molar-refractivity contribution in [2.24, 2.45) is 0 Å². The lowest BCUT2D eigenvalue weighted by atomic mass is 10.0. The Bertz CT molecular complexity index is 887. The summed E-state index contributed by atoms with van der Waals surface area (Å²) in [5.41, 5.74) is 5.08. The number of aromatic nitrogens is 5. The first kappa shape index (κ1) is 10.3. The minimum absolute atomic E-state index is 0.901. The number of aromatic amines is 1. The maximum atomic E-state index is 4.49. The van der Waals surface area contributed by atoms with E-state index in [1.807, 2.05) is 37.5 Å². The van der Waals surface area contributed by atoms with Crippen LogP contribution in [0.3, 0.4) is 0 Å². The number of nitrogens with zero attached hydrogens (tertiary/aromatic N) is 4. The van der Waals surface area contributed by atoms with Crippen molar-refractivity contribution in [1.82, 2.24) is 24.8 Å². The molecule has 19 heavy (non-hydrogen) atoms. The Kier molecular flexibility index (Phi) is 1.97. The summed E-state index contributed by atoms with van der Waals surface area (Å²) in [6.07, 6.45) is 5.49. The molecule has 4 rings (SSSR count). The molecule has 4 heterocycles. The summed E-state index contributed by atoms with van der Waals surface area (Å²) in [7, 11) is 0. The quantitative estimate of drug-likeness (QED) is 0.564. The van der Waals surface area contributed by atoms with Gasteiger partial charge in [0.25, 0.3) is 0 Å². The van der Waals surface area contributed by atoms with Crippen molar-refractivity contribution >= 4 is 16.6 Å². The molecule has 0 radical (unpaired) electrons. The Morgan fingerprint density at radius 2 is 2.11 bits per heavy atom. The Morgan fingerprint density at radius 1 is 1.16 bits per heavy atom. The number of rotatable bonds is 1. The molecule has 0 saturated heterocycles. The molecule has 0 aromatic carbocycles. The third-order valence-electron chi connectivity index (χ3n) is 3.25. The third-order valence-corrected chi connectivity index (χ3v) is 3.25. The van der Waals surface area contributed by atoms with Gasteiger partial charge in [-0.1, -0.05) is 0 Å². The average Bonchev–Trinajstić information content (AvgIpc) is 3.03. The summed E-state index contributed by atoms with van der Waals surface area (Å²) in [6, 6.07) is 8.06. The first-order valence-corrected chi connectivity index (χ1v) is 6.07. The first-order valence-electron chi connectivity index (χ1n) is 6.07. The minimum Gasteiger partial charge on any atom is -0.346 e. The van der Waals surface area contributed by atoms with Gasteiger partial charge < -0.3 is 4.98 Å². The molecule has 4 aromatic rings. The molecular formula is C14H11N5. The van der Waals surface area contributed by atoms with Crippen LogP contribution in [0.4, 0.5) is 0 Å². The predicted molar refractivity (Wildman–Crippen MR) is 72.8 cm³/mol. The van der Waals surface area contributed by atoms with E-state index >= 15 is 0 Å². The third kappa shape index (κ3) is 1.45. The average molecular weight is 249 g/mol. The highest BCUT2D eigenvalue weighted by atomic mass is 15.4. The minimum atomic E-state index is 0.901. The molecule has 0 unspecified atom stereocenters. The van der Waals surface area contributed by atoms with Gasteiger partial charge in [-0.05, 0) is 36.8 Å². The maximum Gasteiger partial charge on any atom is 0.138 e. The molecule has 5 nitrogen and oxygen atoms in total. The zero-order valence-corrected chi connectivity index (χ0v) is 10.3. The van der Waals surface area contributed by atoms with Crippen molar-refractivity contribution in [3.63, 3.8) is 0 Å². The molecule has 0 aliphatic rings. The second kappa shape index (κ2) is 3.65. The van der Waals surface area contributed by atoms with E-state index in [1.54, 1.807) is 10.8 Å². The molecule has 5 heteroatoms. The summed E-state index contributed by atoms with van der Waals surface area (Å²) in [5, 5.41) is 9.59. The lowest BCUT2D eigenvalue weighted by Crippen LogP contribution is -1.91. The summed E-state index contributed by atoms with van der Waals surface area (Å²) in [6.45, 7) is 1.99. The zero-order chi connectivity index (χ0) is 12.8. The van der Waals surface area contributed by atoms with Gasteiger partial charge in [0.2, 0.25) is 0 Å². The van der Waals surface area contributed by atoms with Crippen molar-refractivity contribution in [3.8, 4) is 11.1 Å². The van der Waals surface area contributed by atoms with E-state index in [0.717, 1.165) is 33.4 Å².